The molecular weight excluding hydrogens is 234 g/mol. The lowest BCUT2D eigenvalue weighted by Gasteiger charge is -2.51. The lowest BCUT2D eigenvalue weighted by atomic mass is 9.62. The molecule has 0 aliphatic heterocycles. The van der Waals surface area contributed by atoms with Crippen LogP contribution in [0.2, 0.25) is 0 Å². The van der Waals surface area contributed by atoms with Gasteiger partial charge in [-0.2, -0.15) is 0 Å². The first-order valence-corrected chi connectivity index (χ1v) is 7.30. The van der Waals surface area contributed by atoms with Crippen molar-refractivity contribution in [3.8, 4) is 5.75 Å². The van der Waals surface area contributed by atoms with Crippen LogP contribution in [0.3, 0.4) is 0 Å². The first-order valence-electron chi connectivity index (χ1n) is 7.30. The van der Waals surface area contributed by atoms with Crippen LogP contribution in [0.4, 0.5) is 0 Å². The quantitative estimate of drug-likeness (QED) is 0.896. The van der Waals surface area contributed by atoms with Gasteiger partial charge >= 0.3 is 0 Å². The van der Waals surface area contributed by atoms with Crippen molar-refractivity contribution in [1.29, 1.82) is 0 Å². The number of benzene rings is 1. The Morgan fingerprint density at radius 2 is 2.05 bits per heavy atom. The summed E-state index contributed by atoms with van der Waals surface area (Å²) in [4.78, 5) is 0. The first kappa shape index (κ1) is 14.4. The third-order valence-electron chi connectivity index (χ3n) is 4.79. The third kappa shape index (κ3) is 2.64. The lowest BCUT2D eigenvalue weighted by Crippen LogP contribution is -2.61. The number of ether oxygens (including phenoxy) is 1. The SMILES string of the molecule is CCC1(C)C(N)CC1Oc1cccc(C(C)(C)C)c1. The normalized spacial score (nSPS) is 30.8. The van der Waals surface area contributed by atoms with Crippen molar-refractivity contribution in [2.24, 2.45) is 11.1 Å². The van der Waals surface area contributed by atoms with Crippen LogP contribution in [0.5, 0.6) is 5.75 Å². The van der Waals surface area contributed by atoms with E-state index in [0.717, 1.165) is 18.6 Å². The number of hydrogen-bond donors (Lipinski definition) is 1. The van der Waals surface area contributed by atoms with Gasteiger partial charge in [-0.1, -0.05) is 46.8 Å². The van der Waals surface area contributed by atoms with Crippen LogP contribution in [0.25, 0.3) is 0 Å². The van der Waals surface area contributed by atoms with Crippen LogP contribution < -0.4 is 10.5 Å². The molecule has 0 heterocycles. The van der Waals surface area contributed by atoms with E-state index >= 15 is 0 Å². The fraction of sp³-hybridized carbons (Fsp3) is 0.647. The standard InChI is InChI=1S/C17H27NO/c1-6-17(5)14(18)11-15(17)19-13-9-7-8-12(10-13)16(2,3)4/h7-10,14-15H,6,11,18H2,1-5H3. The molecule has 3 atom stereocenters. The lowest BCUT2D eigenvalue weighted by molar-refractivity contribution is -0.0560. The van der Waals surface area contributed by atoms with E-state index in [1.807, 2.05) is 0 Å². The van der Waals surface area contributed by atoms with Crippen molar-refractivity contribution >= 4 is 0 Å². The van der Waals surface area contributed by atoms with Gasteiger partial charge in [0.2, 0.25) is 0 Å². The zero-order valence-electron chi connectivity index (χ0n) is 12.9. The summed E-state index contributed by atoms with van der Waals surface area (Å²) in [6.45, 7) is 11.1. The van der Waals surface area contributed by atoms with Gasteiger partial charge in [0.15, 0.2) is 0 Å². The van der Waals surface area contributed by atoms with Crippen LogP contribution in [0, 0.1) is 5.41 Å². The van der Waals surface area contributed by atoms with E-state index < -0.39 is 0 Å². The minimum atomic E-state index is 0.123. The predicted molar refractivity (Wildman–Crippen MR) is 80.5 cm³/mol. The summed E-state index contributed by atoms with van der Waals surface area (Å²) in [6, 6.07) is 8.74. The van der Waals surface area contributed by atoms with Crippen molar-refractivity contribution < 1.29 is 4.74 Å². The molecule has 0 spiro atoms. The molecule has 1 aliphatic carbocycles. The van der Waals surface area contributed by atoms with Crippen LogP contribution in [0.1, 0.15) is 53.0 Å². The van der Waals surface area contributed by atoms with Gasteiger partial charge in [-0.05, 0) is 29.5 Å². The van der Waals surface area contributed by atoms with Gasteiger partial charge in [-0.3, -0.25) is 0 Å². The summed E-state index contributed by atoms with van der Waals surface area (Å²) in [5, 5.41) is 0. The van der Waals surface area contributed by atoms with Crippen LogP contribution >= 0.6 is 0 Å². The number of hydrogen-bond acceptors (Lipinski definition) is 2. The van der Waals surface area contributed by atoms with Gasteiger partial charge < -0.3 is 10.5 Å². The number of rotatable bonds is 3. The molecule has 0 radical (unpaired) electrons. The van der Waals surface area contributed by atoms with Crippen LogP contribution in [-0.2, 0) is 5.41 Å². The minimum absolute atomic E-state index is 0.123. The summed E-state index contributed by atoms with van der Waals surface area (Å²) >= 11 is 0. The second-order valence-electron chi connectivity index (χ2n) is 7.09. The molecule has 1 aliphatic rings. The monoisotopic (exact) mass is 261 g/mol. The highest BCUT2D eigenvalue weighted by Crippen LogP contribution is 2.45. The van der Waals surface area contributed by atoms with Crippen molar-refractivity contribution in [1.82, 2.24) is 0 Å². The minimum Gasteiger partial charge on any atom is -0.490 e. The molecule has 1 aromatic carbocycles. The Kier molecular flexibility index (Phi) is 3.65. The maximum Gasteiger partial charge on any atom is 0.120 e. The van der Waals surface area contributed by atoms with E-state index in [9.17, 15) is 0 Å². The molecule has 3 unspecified atom stereocenters. The molecule has 2 N–H and O–H groups in total. The second-order valence-corrected chi connectivity index (χ2v) is 7.09. The summed E-state index contributed by atoms with van der Waals surface area (Å²) in [6.07, 6.45) is 2.28. The average molecular weight is 261 g/mol. The van der Waals surface area contributed by atoms with Crippen molar-refractivity contribution in [2.45, 2.75) is 65.0 Å². The molecule has 2 rings (SSSR count). The molecule has 0 saturated heterocycles. The highest BCUT2D eigenvalue weighted by Gasteiger charge is 2.50. The predicted octanol–water partition coefficient (Wildman–Crippen LogP) is 3.88. The Labute approximate surface area is 117 Å². The van der Waals surface area contributed by atoms with Gasteiger partial charge in [-0.25, -0.2) is 0 Å². The van der Waals surface area contributed by atoms with Gasteiger partial charge in [0, 0.05) is 17.9 Å². The molecule has 1 saturated carbocycles. The zero-order chi connectivity index (χ0) is 14.3. The Hall–Kier alpha value is -1.02. The van der Waals surface area contributed by atoms with Crippen molar-refractivity contribution in [2.75, 3.05) is 0 Å². The van der Waals surface area contributed by atoms with Gasteiger partial charge in [0.25, 0.3) is 0 Å². The fourth-order valence-electron chi connectivity index (χ4n) is 2.72. The van der Waals surface area contributed by atoms with Crippen LogP contribution in [0.15, 0.2) is 24.3 Å². The van der Waals surface area contributed by atoms with E-state index in [1.165, 1.54) is 5.56 Å². The Bertz CT molecular complexity index is 449. The van der Waals surface area contributed by atoms with Gasteiger partial charge in [0.1, 0.15) is 11.9 Å². The van der Waals surface area contributed by atoms with Gasteiger partial charge in [0.05, 0.1) is 0 Å². The average Bonchev–Trinajstić information content (AvgIpc) is 2.36. The molecule has 0 amide bonds. The molecule has 1 fully saturated rings. The van der Waals surface area contributed by atoms with E-state index in [-0.39, 0.29) is 23.0 Å². The smallest absolute Gasteiger partial charge is 0.120 e. The maximum absolute atomic E-state index is 6.18. The second kappa shape index (κ2) is 4.82. The summed E-state index contributed by atoms with van der Waals surface area (Å²) in [5.41, 5.74) is 7.72. The zero-order valence-corrected chi connectivity index (χ0v) is 12.9. The third-order valence-corrected chi connectivity index (χ3v) is 4.79. The van der Waals surface area contributed by atoms with Crippen molar-refractivity contribution in [3.63, 3.8) is 0 Å². The molecule has 1 aromatic rings. The van der Waals surface area contributed by atoms with E-state index in [1.54, 1.807) is 0 Å². The highest BCUT2D eigenvalue weighted by atomic mass is 16.5. The molecular formula is C17H27NO. The van der Waals surface area contributed by atoms with E-state index in [2.05, 4.69) is 58.9 Å². The maximum atomic E-state index is 6.18. The summed E-state index contributed by atoms with van der Waals surface area (Å²) in [7, 11) is 0. The first-order chi connectivity index (χ1) is 8.77. The topological polar surface area (TPSA) is 35.2 Å². The largest absolute Gasteiger partial charge is 0.490 e. The number of nitrogens with two attached hydrogens (primary N) is 1. The van der Waals surface area contributed by atoms with Gasteiger partial charge in [-0.15, -0.1) is 0 Å². The molecule has 0 bridgehead atoms. The molecule has 19 heavy (non-hydrogen) atoms. The van der Waals surface area contributed by atoms with Crippen molar-refractivity contribution in [3.05, 3.63) is 29.8 Å². The molecule has 2 heteroatoms. The Morgan fingerprint density at radius 1 is 1.37 bits per heavy atom. The summed E-state index contributed by atoms with van der Waals surface area (Å²) < 4.78 is 6.18. The molecule has 2 nitrogen and oxygen atoms in total. The fourth-order valence-corrected chi connectivity index (χ4v) is 2.72. The highest BCUT2D eigenvalue weighted by molar-refractivity contribution is 5.33. The molecule has 0 aromatic heterocycles. The Balaban J connectivity index is 2.13. The van der Waals surface area contributed by atoms with Crippen LogP contribution in [-0.4, -0.2) is 12.1 Å². The molecule has 106 valence electrons. The van der Waals surface area contributed by atoms with E-state index in [4.69, 9.17) is 10.5 Å². The Morgan fingerprint density at radius 3 is 2.58 bits per heavy atom. The summed E-state index contributed by atoms with van der Waals surface area (Å²) in [5.74, 6) is 0.976. The van der Waals surface area contributed by atoms with E-state index in [0.29, 0.717) is 0 Å².